The molecule has 0 atom stereocenters. The third-order valence-corrected chi connectivity index (χ3v) is 2.61. The molecule has 1 aliphatic heterocycles. The van der Waals surface area contributed by atoms with Gasteiger partial charge in [0.05, 0.1) is 18.8 Å². The molecule has 0 aliphatic carbocycles. The largest absolute Gasteiger partial charge is 0.486 e. The molecule has 6 nitrogen and oxygen atoms in total. The Morgan fingerprint density at radius 2 is 2.21 bits per heavy atom. The summed E-state index contributed by atoms with van der Waals surface area (Å²) in [6.45, 7) is 2.46. The Balaban J connectivity index is 1.90. The number of rotatable bonds is 6. The average molecular weight is 266 g/mol. The fourth-order valence-electron chi connectivity index (χ4n) is 1.74. The maximum atomic E-state index is 11.8. The highest BCUT2D eigenvalue weighted by molar-refractivity contribution is 5.94. The lowest BCUT2D eigenvalue weighted by atomic mass is 10.2. The van der Waals surface area contributed by atoms with Gasteiger partial charge in [-0.1, -0.05) is 6.07 Å². The second-order valence-corrected chi connectivity index (χ2v) is 4.05. The fourth-order valence-corrected chi connectivity index (χ4v) is 1.74. The van der Waals surface area contributed by atoms with Crippen LogP contribution in [0.25, 0.3) is 0 Å². The summed E-state index contributed by atoms with van der Waals surface area (Å²) in [4.78, 5) is 11.8. The van der Waals surface area contributed by atoms with Crippen LogP contribution in [0.2, 0.25) is 0 Å². The highest BCUT2D eigenvalue weighted by Gasteiger charge is 2.16. The second kappa shape index (κ2) is 6.96. The molecule has 2 N–H and O–H groups in total. The minimum Gasteiger partial charge on any atom is -0.486 e. The molecule has 1 aromatic rings. The van der Waals surface area contributed by atoms with E-state index in [2.05, 4.69) is 10.6 Å². The van der Waals surface area contributed by atoms with Crippen LogP contribution < -0.4 is 20.1 Å². The standard InChI is InChI=1S/C13H18N2O4/c1-17-6-5-14-9-12(16)15-10-3-2-4-11-13(10)19-8-7-18-11/h2-4,14H,5-9H2,1H3,(H,15,16). The average Bonchev–Trinajstić information content (AvgIpc) is 2.44. The van der Waals surface area contributed by atoms with Crippen molar-refractivity contribution in [1.82, 2.24) is 5.32 Å². The highest BCUT2D eigenvalue weighted by Crippen LogP contribution is 2.37. The van der Waals surface area contributed by atoms with Crippen LogP contribution in [0, 0.1) is 0 Å². The van der Waals surface area contributed by atoms with E-state index in [1.54, 1.807) is 13.2 Å². The molecule has 1 amide bonds. The molecule has 0 unspecified atom stereocenters. The van der Waals surface area contributed by atoms with Crippen LogP contribution in [-0.4, -0.2) is 45.9 Å². The lowest BCUT2D eigenvalue weighted by Crippen LogP contribution is -2.30. The lowest BCUT2D eigenvalue weighted by molar-refractivity contribution is -0.115. The molecule has 0 fully saturated rings. The number of hydrogen-bond acceptors (Lipinski definition) is 5. The van der Waals surface area contributed by atoms with Crippen LogP contribution in [0.4, 0.5) is 5.69 Å². The molecule has 1 heterocycles. The molecule has 0 bridgehead atoms. The Bertz CT molecular complexity index is 437. The molecule has 0 aromatic heterocycles. The van der Waals surface area contributed by atoms with E-state index in [-0.39, 0.29) is 12.5 Å². The Morgan fingerprint density at radius 1 is 1.37 bits per heavy atom. The van der Waals surface area contributed by atoms with Gasteiger partial charge >= 0.3 is 0 Å². The van der Waals surface area contributed by atoms with Crippen molar-refractivity contribution in [3.63, 3.8) is 0 Å². The van der Waals surface area contributed by atoms with Gasteiger partial charge < -0.3 is 24.8 Å². The van der Waals surface area contributed by atoms with Crippen LogP contribution in [0.1, 0.15) is 0 Å². The number of hydrogen-bond donors (Lipinski definition) is 2. The summed E-state index contributed by atoms with van der Waals surface area (Å²) >= 11 is 0. The molecule has 0 saturated heterocycles. The molecule has 0 radical (unpaired) electrons. The number of carbonyl (C=O) groups excluding carboxylic acids is 1. The number of amides is 1. The van der Waals surface area contributed by atoms with Crippen molar-refractivity contribution < 1.29 is 19.0 Å². The van der Waals surface area contributed by atoms with Crippen molar-refractivity contribution >= 4 is 11.6 Å². The first-order chi connectivity index (χ1) is 9.31. The molecule has 19 heavy (non-hydrogen) atoms. The quantitative estimate of drug-likeness (QED) is 0.739. The van der Waals surface area contributed by atoms with Gasteiger partial charge in [0.15, 0.2) is 11.5 Å². The zero-order valence-electron chi connectivity index (χ0n) is 10.9. The van der Waals surface area contributed by atoms with Gasteiger partial charge in [0.2, 0.25) is 5.91 Å². The number of nitrogens with one attached hydrogen (secondary N) is 2. The Hall–Kier alpha value is -1.79. The molecule has 1 aliphatic rings. The van der Waals surface area contributed by atoms with Crippen LogP contribution in [0.3, 0.4) is 0 Å². The molecule has 1 aromatic carbocycles. The minimum atomic E-state index is -0.126. The van der Waals surface area contributed by atoms with Gasteiger partial charge in [0.25, 0.3) is 0 Å². The van der Waals surface area contributed by atoms with Crippen LogP contribution in [-0.2, 0) is 9.53 Å². The Kier molecular flexibility index (Phi) is 5.00. The SMILES string of the molecule is COCCNCC(=O)Nc1cccc2c1OCCO2. The van der Waals surface area contributed by atoms with Gasteiger partial charge in [-0.3, -0.25) is 4.79 Å². The van der Waals surface area contributed by atoms with Crippen molar-refractivity contribution in [2.75, 3.05) is 45.3 Å². The van der Waals surface area contributed by atoms with Crippen LogP contribution in [0.15, 0.2) is 18.2 Å². The zero-order valence-corrected chi connectivity index (χ0v) is 10.9. The van der Waals surface area contributed by atoms with E-state index in [1.807, 2.05) is 12.1 Å². The summed E-state index contributed by atoms with van der Waals surface area (Å²) in [5.74, 6) is 1.13. The van der Waals surface area contributed by atoms with Crippen molar-refractivity contribution in [2.24, 2.45) is 0 Å². The number of anilines is 1. The minimum absolute atomic E-state index is 0.126. The van der Waals surface area contributed by atoms with Gasteiger partial charge in [-0.25, -0.2) is 0 Å². The monoisotopic (exact) mass is 266 g/mol. The maximum absolute atomic E-state index is 11.8. The van der Waals surface area contributed by atoms with Gasteiger partial charge in [-0.05, 0) is 12.1 Å². The first-order valence-corrected chi connectivity index (χ1v) is 6.19. The maximum Gasteiger partial charge on any atom is 0.238 e. The van der Waals surface area contributed by atoms with Gasteiger partial charge in [0, 0.05) is 13.7 Å². The highest BCUT2D eigenvalue weighted by atomic mass is 16.6. The number of carbonyl (C=O) groups is 1. The topological polar surface area (TPSA) is 68.8 Å². The van der Waals surface area contributed by atoms with Crippen molar-refractivity contribution in [2.45, 2.75) is 0 Å². The summed E-state index contributed by atoms with van der Waals surface area (Å²) in [6.07, 6.45) is 0. The predicted molar refractivity (Wildman–Crippen MR) is 70.8 cm³/mol. The predicted octanol–water partition coefficient (Wildman–Crippen LogP) is 0.632. The Labute approximate surface area is 112 Å². The molecule has 104 valence electrons. The Morgan fingerprint density at radius 3 is 3.05 bits per heavy atom. The van der Waals surface area contributed by atoms with E-state index in [0.29, 0.717) is 43.6 Å². The zero-order chi connectivity index (χ0) is 13.5. The smallest absolute Gasteiger partial charge is 0.238 e. The first kappa shape index (κ1) is 13.6. The fraction of sp³-hybridized carbons (Fsp3) is 0.462. The summed E-state index contributed by atoms with van der Waals surface area (Å²) in [6, 6.07) is 5.43. The molecule has 2 rings (SSSR count). The number of para-hydroxylation sites is 1. The molecular formula is C13H18N2O4. The second-order valence-electron chi connectivity index (χ2n) is 4.05. The van der Waals surface area contributed by atoms with Crippen molar-refractivity contribution in [3.05, 3.63) is 18.2 Å². The van der Waals surface area contributed by atoms with E-state index in [0.717, 1.165) is 0 Å². The van der Waals surface area contributed by atoms with E-state index < -0.39 is 0 Å². The van der Waals surface area contributed by atoms with Crippen molar-refractivity contribution in [1.29, 1.82) is 0 Å². The number of methoxy groups -OCH3 is 1. The lowest BCUT2D eigenvalue weighted by Gasteiger charge is -2.21. The molecule has 6 heteroatoms. The van der Waals surface area contributed by atoms with E-state index >= 15 is 0 Å². The summed E-state index contributed by atoms with van der Waals surface area (Å²) < 4.78 is 15.9. The normalized spacial score (nSPS) is 13.1. The third kappa shape index (κ3) is 3.84. The summed E-state index contributed by atoms with van der Waals surface area (Å²) in [5.41, 5.74) is 0.635. The van der Waals surface area contributed by atoms with E-state index in [1.165, 1.54) is 0 Å². The molecular weight excluding hydrogens is 248 g/mol. The van der Waals surface area contributed by atoms with E-state index in [9.17, 15) is 4.79 Å². The van der Waals surface area contributed by atoms with Gasteiger partial charge in [-0.2, -0.15) is 0 Å². The number of ether oxygens (including phenoxy) is 3. The van der Waals surface area contributed by atoms with Gasteiger partial charge in [0.1, 0.15) is 13.2 Å². The van der Waals surface area contributed by atoms with Crippen LogP contribution in [0.5, 0.6) is 11.5 Å². The summed E-state index contributed by atoms with van der Waals surface area (Å²) in [7, 11) is 1.62. The molecule has 0 saturated carbocycles. The van der Waals surface area contributed by atoms with Gasteiger partial charge in [-0.15, -0.1) is 0 Å². The molecule has 0 spiro atoms. The first-order valence-electron chi connectivity index (χ1n) is 6.19. The van der Waals surface area contributed by atoms with E-state index in [4.69, 9.17) is 14.2 Å². The third-order valence-electron chi connectivity index (χ3n) is 2.61. The number of benzene rings is 1. The van der Waals surface area contributed by atoms with Crippen molar-refractivity contribution in [3.8, 4) is 11.5 Å². The summed E-state index contributed by atoms with van der Waals surface area (Å²) in [5, 5.41) is 5.78. The number of fused-ring (bicyclic) bond motifs is 1. The van der Waals surface area contributed by atoms with Crippen LogP contribution >= 0.6 is 0 Å².